The van der Waals surface area contributed by atoms with Crippen molar-refractivity contribution in [1.29, 1.82) is 0 Å². The predicted molar refractivity (Wildman–Crippen MR) is 83.8 cm³/mol. The topological polar surface area (TPSA) is 35.4 Å². The van der Waals surface area contributed by atoms with Gasteiger partial charge >= 0.3 is 0 Å². The van der Waals surface area contributed by atoms with Crippen molar-refractivity contribution in [3.8, 4) is 0 Å². The minimum atomic E-state index is -1.35. The molecule has 0 heterocycles. The molecule has 0 N–H and O–H groups in total. The molecule has 1 unspecified atom stereocenters. The van der Waals surface area contributed by atoms with Gasteiger partial charge in [0.2, 0.25) is 0 Å². The van der Waals surface area contributed by atoms with Crippen molar-refractivity contribution in [1.82, 2.24) is 0 Å². The van der Waals surface area contributed by atoms with E-state index in [2.05, 4.69) is 30.9 Å². The number of nitrogens with zero attached hydrogens (tertiary/aromatic N) is 1. The van der Waals surface area contributed by atoms with Crippen LogP contribution >= 0.6 is 0 Å². The number of allylic oxidation sites excluding steroid dienone is 3. The molecule has 19 heavy (non-hydrogen) atoms. The molecule has 0 aliphatic carbocycles. The number of hydrogen-bond acceptors (Lipinski definition) is 2. The van der Waals surface area contributed by atoms with Gasteiger partial charge in [-0.05, 0) is 30.9 Å². The van der Waals surface area contributed by atoms with E-state index in [1.807, 2.05) is 31.2 Å². The van der Waals surface area contributed by atoms with Crippen molar-refractivity contribution < 1.29 is 4.55 Å². The summed E-state index contributed by atoms with van der Waals surface area (Å²) in [5, 5.41) is 0. The average Bonchev–Trinajstić information content (AvgIpc) is 2.39. The fraction of sp³-hybridized carbons (Fsp3) is 0.312. The number of aryl methyl sites for hydroxylation is 1. The van der Waals surface area contributed by atoms with Crippen LogP contribution in [0.25, 0.3) is 0 Å². The van der Waals surface area contributed by atoms with Crippen LogP contribution in [0.5, 0.6) is 0 Å². The Morgan fingerprint density at radius 3 is 2.68 bits per heavy atom. The third-order valence-electron chi connectivity index (χ3n) is 2.64. The van der Waals surface area contributed by atoms with E-state index in [9.17, 15) is 4.55 Å². The van der Waals surface area contributed by atoms with Crippen LogP contribution in [0.3, 0.4) is 0 Å². The summed E-state index contributed by atoms with van der Waals surface area (Å²) in [6.07, 6.45) is 6.40. The van der Waals surface area contributed by atoms with Crippen LogP contribution in [0.4, 0.5) is 0 Å². The summed E-state index contributed by atoms with van der Waals surface area (Å²) in [7, 11) is 0. The fourth-order valence-corrected chi connectivity index (χ4v) is 2.35. The van der Waals surface area contributed by atoms with E-state index < -0.39 is 11.4 Å². The lowest BCUT2D eigenvalue weighted by Crippen LogP contribution is -2.00. The molecule has 102 valence electrons. The highest BCUT2D eigenvalue weighted by Crippen LogP contribution is 2.16. The summed E-state index contributed by atoms with van der Waals surface area (Å²) in [5.41, 5.74) is 1.90. The van der Waals surface area contributed by atoms with Gasteiger partial charge in [0.1, 0.15) is 11.4 Å². The van der Waals surface area contributed by atoms with E-state index in [-0.39, 0.29) is 0 Å². The maximum Gasteiger partial charge on any atom is 0.185 e. The average molecular weight is 275 g/mol. The highest BCUT2D eigenvalue weighted by molar-refractivity contribution is 7.90. The monoisotopic (exact) mass is 275 g/mol. The molecular weight excluding hydrogens is 254 g/mol. The van der Waals surface area contributed by atoms with Crippen molar-refractivity contribution in [3.05, 3.63) is 54.1 Å². The van der Waals surface area contributed by atoms with Crippen molar-refractivity contribution >= 4 is 17.6 Å². The third-order valence-corrected chi connectivity index (χ3v) is 3.77. The molecule has 0 bridgehead atoms. The summed E-state index contributed by atoms with van der Waals surface area (Å²) in [4.78, 5) is 0.756. The molecule has 0 aliphatic rings. The Morgan fingerprint density at radius 1 is 1.42 bits per heavy atom. The minimum Gasteiger partial charge on any atom is -0.586 e. The minimum absolute atomic E-state index is 0.588. The zero-order chi connectivity index (χ0) is 14.3. The van der Waals surface area contributed by atoms with Gasteiger partial charge in [0.05, 0.1) is 6.21 Å². The van der Waals surface area contributed by atoms with E-state index in [1.54, 1.807) is 12.3 Å². The van der Waals surface area contributed by atoms with Gasteiger partial charge in [-0.1, -0.05) is 55.2 Å². The van der Waals surface area contributed by atoms with Crippen molar-refractivity contribution in [3.63, 3.8) is 0 Å². The molecule has 3 heteroatoms. The van der Waals surface area contributed by atoms with E-state index in [0.717, 1.165) is 22.5 Å². The number of benzene rings is 1. The van der Waals surface area contributed by atoms with Crippen molar-refractivity contribution in [2.45, 2.75) is 32.1 Å². The number of hydrogen-bond donors (Lipinski definition) is 0. The molecule has 0 aliphatic heterocycles. The van der Waals surface area contributed by atoms with Gasteiger partial charge in [0.15, 0.2) is 4.90 Å². The van der Waals surface area contributed by atoms with Crippen LogP contribution in [-0.4, -0.2) is 10.8 Å². The number of rotatable bonds is 6. The van der Waals surface area contributed by atoms with Crippen LogP contribution in [0, 0.1) is 12.8 Å². The predicted octanol–water partition coefficient (Wildman–Crippen LogP) is 4.25. The van der Waals surface area contributed by atoms with Crippen LogP contribution in [0.2, 0.25) is 0 Å². The Hall–Kier alpha value is -1.32. The zero-order valence-corrected chi connectivity index (χ0v) is 12.6. The Morgan fingerprint density at radius 2 is 2.11 bits per heavy atom. The van der Waals surface area contributed by atoms with Gasteiger partial charge in [0, 0.05) is 5.56 Å². The summed E-state index contributed by atoms with van der Waals surface area (Å²) >= 11 is -1.35. The molecule has 0 fully saturated rings. The first-order valence-electron chi connectivity index (χ1n) is 6.38. The third kappa shape index (κ3) is 5.45. The van der Waals surface area contributed by atoms with E-state index in [1.165, 1.54) is 0 Å². The highest BCUT2D eigenvalue weighted by atomic mass is 32.2. The Balaban J connectivity index is 2.77. The molecule has 0 saturated carbocycles. The molecule has 0 spiro atoms. The lowest BCUT2D eigenvalue weighted by Gasteiger charge is -2.05. The smallest absolute Gasteiger partial charge is 0.185 e. The normalized spacial score (nSPS) is 14.1. The first kappa shape index (κ1) is 15.7. The molecule has 1 aromatic carbocycles. The van der Waals surface area contributed by atoms with Crippen LogP contribution in [-0.2, 0) is 11.4 Å². The van der Waals surface area contributed by atoms with Gasteiger partial charge in [-0.25, -0.2) is 0 Å². The van der Waals surface area contributed by atoms with Gasteiger partial charge in [0.25, 0.3) is 0 Å². The lowest BCUT2D eigenvalue weighted by atomic mass is 10.1. The molecule has 1 aromatic rings. The quantitative estimate of drug-likeness (QED) is 0.434. The molecule has 0 radical (unpaired) electrons. The second kappa shape index (κ2) is 7.97. The van der Waals surface area contributed by atoms with Gasteiger partial charge in [-0.15, -0.1) is 0 Å². The zero-order valence-electron chi connectivity index (χ0n) is 11.8. The van der Waals surface area contributed by atoms with E-state index in [4.69, 9.17) is 0 Å². The molecule has 0 saturated heterocycles. The highest BCUT2D eigenvalue weighted by Gasteiger charge is 2.11. The molecule has 0 amide bonds. The van der Waals surface area contributed by atoms with Crippen molar-refractivity contribution in [2.24, 2.45) is 10.3 Å². The Labute approximate surface area is 119 Å². The molecule has 1 rings (SSSR count). The van der Waals surface area contributed by atoms with Gasteiger partial charge in [-0.3, -0.25) is 0 Å². The summed E-state index contributed by atoms with van der Waals surface area (Å²) in [6.45, 7) is 9.99. The first-order chi connectivity index (χ1) is 9.04. The summed E-state index contributed by atoms with van der Waals surface area (Å²) < 4.78 is 16.2. The van der Waals surface area contributed by atoms with Crippen molar-refractivity contribution in [2.75, 3.05) is 0 Å². The Bertz CT molecular complexity index is 477. The summed E-state index contributed by atoms with van der Waals surface area (Å²) in [5.74, 6) is 0.588. The van der Waals surface area contributed by atoms with Gasteiger partial charge < -0.3 is 4.55 Å². The fourth-order valence-electron chi connectivity index (χ4n) is 1.48. The maximum absolute atomic E-state index is 12.1. The second-order valence-corrected chi connectivity index (χ2v) is 5.94. The molecule has 2 nitrogen and oxygen atoms in total. The summed E-state index contributed by atoms with van der Waals surface area (Å²) in [6, 6.07) is 7.58. The maximum atomic E-state index is 12.1. The van der Waals surface area contributed by atoms with Gasteiger partial charge in [-0.2, -0.15) is 0 Å². The standard InChI is InChI=1S/C16H21NOS/c1-5-15(11-10-13(2)3)12-17-19(18)16-9-7-6-8-14(16)4/h5-9,11-13H,1,10H2,2-4H3/b15-11+,17-12+. The molecule has 0 aromatic heterocycles. The van der Waals surface area contributed by atoms with Crippen LogP contribution in [0.1, 0.15) is 25.8 Å². The van der Waals surface area contributed by atoms with E-state index in [0.29, 0.717) is 5.92 Å². The first-order valence-corrected chi connectivity index (χ1v) is 7.49. The van der Waals surface area contributed by atoms with Crippen LogP contribution < -0.4 is 0 Å². The molecule has 1 atom stereocenters. The SMILES string of the molecule is C=CC(/C=N/[S+]([O-])c1ccccc1C)=C\CC(C)C. The lowest BCUT2D eigenvalue weighted by molar-refractivity contribution is 0.596. The van der Waals surface area contributed by atoms with E-state index >= 15 is 0 Å². The van der Waals surface area contributed by atoms with Crippen LogP contribution in [0.15, 0.2) is 57.9 Å². The largest absolute Gasteiger partial charge is 0.586 e. The second-order valence-electron chi connectivity index (χ2n) is 4.79. The Kier molecular flexibility index (Phi) is 6.60. The molecular formula is C16H21NOS.